The average molecular weight is 374 g/mol. The molecule has 7 heteroatoms. The first-order valence-electron chi connectivity index (χ1n) is 10.0. The number of pyridine rings is 1. The van der Waals surface area contributed by atoms with Gasteiger partial charge in [0.1, 0.15) is 5.82 Å². The van der Waals surface area contributed by atoms with Crippen molar-refractivity contribution in [3.8, 4) is 0 Å². The van der Waals surface area contributed by atoms with E-state index in [0.29, 0.717) is 18.8 Å². The number of likely N-dealkylation sites (N-methyl/N-ethyl adjacent to an activating group) is 1. The summed E-state index contributed by atoms with van der Waals surface area (Å²) in [6, 6.07) is 4.09. The summed E-state index contributed by atoms with van der Waals surface area (Å²) in [6.45, 7) is 8.74. The fourth-order valence-electron chi connectivity index (χ4n) is 3.93. The van der Waals surface area contributed by atoms with Gasteiger partial charge < -0.3 is 20.0 Å². The van der Waals surface area contributed by atoms with E-state index in [1.807, 2.05) is 23.2 Å². The molecule has 7 nitrogen and oxygen atoms in total. The Kier molecular flexibility index (Phi) is 6.31. The molecule has 1 N–H and O–H groups in total. The SMILES string of the molecule is CCC(CC)N1C[C@@H](C(=O)Nc2ccc(N3CCN(C)CC3)cn2)CC1=O. The Balaban J connectivity index is 1.56. The van der Waals surface area contributed by atoms with Gasteiger partial charge in [0, 0.05) is 45.2 Å². The number of hydrogen-bond donors (Lipinski definition) is 1. The summed E-state index contributed by atoms with van der Waals surface area (Å²) in [7, 11) is 2.13. The monoisotopic (exact) mass is 373 g/mol. The van der Waals surface area contributed by atoms with Crippen LogP contribution in [0.5, 0.6) is 0 Å². The average Bonchev–Trinajstić information content (AvgIpc) is 3.06. The third-order valence-electron chi connectivity index (χ3n) is 5.78. The maximum Gasteiger partial charge on any atom is 0.230 e. The van der Waals surface area contributed by atoms with Crippen LogP contribution < -0.4 is 10.2 Å². The lowest BCUT2D eigenvalue weighted by Crippen LogP contribution is -2.44. The maximum absolute atomic E-state index is 12.6. The molecule has 27 heavy (non-hydrogen) atoms. The van der Waals surface area contributed by atoms with Crippen LogP contribution in [0.1, 0.15) is 33.1 Å². The summed E-state index contributed by atoms with van der Waals surface area (Å²) < 4.78 is 0. The van der Waals surface area contributed by atoms with E-state index in [9.17, 15) is 9.59 Å². The normalized spacial score (nSPS) is 21.2. The fourth-order valence-corrected chi connectivity index (χ4v) is 3.93. The molecule has 0 aliphatic carbocycles. The summed E-state index contributed by atoms with van der Waals surface area (Å²) in [5.41, 5.74) is 1.08. The zero-order chi connectivity index (χ0) is 19.4. The summed E-state index contributed by atoms with van der Waals surface area (Å²) in [5, 5.41) is 2.88. The van der Waals surface area contributed by atoms with Crippen molar-refractivity contribution in [3.63, 3.8) is 0 Å². The van der Waals surface area contributed by atoms with Gasteiger partial charge in [-0.2, -0.15) is 0 Å². The van der Waals surface area contributed by atoms with Crippen LogP contribution in [0.2, 0.25) is 0 Å². The first-order chi connectivity index (χ1) is 13.0. The first-order valence-corrected chi connectivity index (χ1v) is 10.0. The highest BCUT2D eigenvalue weighted by Gasteiger charge is 2.36. The molecule has 0 unspecified atom stereocenters. The van der Waals surface area contributed by atoms with Gasteiger partial charge in [-0.3, -0.25) is 9.59 Å². The van der Waals surface area contributed by atoms with Crippen molar-refractivity contribution in [1.82, 2.24) is 14.8 Å². The molecule has 0 saturated carbocycles. The summed E-state index contributed by atoms with van der Waals surface area (Å²) in [4.78, 5) is 35.7. The minimum Gasteiger partial charge on any atom is -0.368 e. The molecule has 0 bridgehead atoms. The topological polar surface area (TPSA) is 68.8 Å². The van der Waals surface area contributed by atoms with E-state index >= 15 is 0 Å². The molecule has 1 aromatic rings. The van der Waals surface area contributed by atoms with Gasteiger partial charge in [-0.15, -0.1) is 0 Å². The van der Waals surface area contributed by atoms with Crippen molar-refractivity contribution in [2.75, 3.05) is 50.0 Å². The van der Waals surface area contributed by atoms with Crippen molar-refractivity contribution < 1.29 is 9.59 Å². The molecule has 3 heterocycles. The number of nitrogens with one attached hydrogen (secondary N) is 1. The number of carbonyl (C=O) groups is 2. The van der Waals surface area contributed by atoms with E-state index in [1.54, 1.807) is 0 Å². The summed E-state index contributed by atoms with van der Waals surface area (Å²) in [6.07, 6.45) is 3.96. The molecule has 2 aliphatic rings. The Morgan fingerprint density at radius 1 is 1.22 bits per heavy atom. The molecular weight excluding hydrogens is 342 g/mol. The van der Waals surface area contributed by atoms with Gasteiger partial charge in [0.2, 0.25) is 11.8 Å². The predicted octanol–water partition coefficient (Wildman–Crippen LogP) is 1.81. The quantitative estimate of drug-likeness (QED) is 0.824. The van der Waals surface area contributed by atoms with Crippen LogP contribution in [0.25, 0.3) is 0 Å². The Hall–Kier alpha value is -2.15. The Morgan fingerprint density at radius 3 is 2.52 bits per heavy atom. The number of piperazine rings is 1. The highest BCUT2D eigenvalue weighted by atomic mass is 16.2. The van der Waals surface area contributed by atoms with Crippen molar-refractivity contribution in [3.05, 3.63) is 18.3 Å². The van der Waals surface area contributed by atoms with Crippen molar-refractivity contribution in [2.45, 2.75) is 39.2 Å². The van der Waals surface area contributed by atoms with Crippen LogP contribution in [-0.2, 0) is 9.59 Å². The number of anilines is 2. The molecule has 2 aliphatic heterocycles. The van der Waals surface area contributed by atoms with Gasteiger partial charge in [0.15, 0.2) is 0 Å². The molecule has 2 fully saturated rings. The third-order valence-corrected chi connectivity index (χ3v) is 5.78. The number of hydrogen-bond acceptors (Lipinski definition) is 5. The van der Waals surface area contributed by atoms with E-state index in [2.05, 4.69) is 41.0 Å². The van der Waals surface area contributed by atoms with Crippen LogP contribution in [0.4, 0.5) is 11.5 Å². The number of likely N-dealkylation sites (tertiary alicyclic amines) is 1. The molecule has 2 saturated heterocycles. The van der Waals surface area contributed by atoms with E-state index < -0.39 is 0 Å². The van der Waals surface area contributed by atoms with Gasteiger partial charge in [-0.1, -0.05) is 13.8 Å². The molecule has 1 atom stereocenters. The van der Waals surface area contributed by atoms with Gasteiger partial charge in [-0.05, 0) is 32.0 Å². The minimum atomic E-state index is -0.294. The summed E-state index contributed by atoms with van der Waals surface area (Å²) >= 11 is 0. The van der Waals surface area contributed by atoms with Crippen molar-refractivity contribution in [2.24, 2.45) is 5.92 Å². The van der Waals surface area contributed by atoms with Crippen LogP contribution in [0.3, 0.4) is 0 Å². The number of carbonyl (C=O) groups excluding carboxylic acids is 2. The zero-order valence-electron chi connectivity index (χ0n) is 16.6. The van der Waals surface area contributed by atoms with Crippen LogP contribution >= 0.6 is 0 Å². The van der Waals surface area contributed by atoms with Crippen LogP contribution in [0.15, 0.2) is 18.3 Å². The number of rotatable bonds is 6. The number of amides is 2. The minimum absolute atomic E-state index is 0.0854. The Labute approximate surface area is 161 Å². The molecule has 0 aromatic carbocycles. The zero-order valence-corrected chi connectivity index (χ0v) is 16.6. The molecule has 0 spiro atoms. The Bertz CT molecular complexity index is 651. The highest BCUT2D eigenvalue weighted by Crippen LogP contribution is 2.24. The molecular formula is C20H31N5O2. The van der Waals surface area contributed by atoms with Gasteiger partial charge in [0.25, 0.3) is 0 Å². The molecule has 0 radical (unpaired) electrons. The Morgan fingerprint density at radius 2 is 1.93 bits per heavy atom. The van der Waals surface area contributed by atoms with Crippen LogP contribution in [-0.4, -0.2) is 72.4 Å². The lowest BCUT2D eigenvalue weighted by Gasteiger charge is -2.33. The van der Waals surface area contributed by atoms with E-state index in [1.165, 1.54) is 0 Å². The lowest BCUT2D eigenvalue weighted by molar-refractivity contribution is -0.130. The lowest BCUT2D eigenvalue weighted by atomic mass is 10.1. The predicted molar refractivity (Wildman–Crippen MR) is 107 cm³/mol. The fraction of sp³-hybridized carbons (Fsp3) is 0.650. The molecule has 2 amide bonds. The first kappa shape index (κ1) is 19.6. The second-order valence-electron chi connectivity index (χ2n) is 7.60. The molecule has 3 rings (SSSR count). The molecule has 148 valence electrons. The van der Waals surface area contributed by atoms with Crippen molar-refractivity contribution in [1.29, 1.82) is 0 Å². The third kappa shape index (κ3) is 4.58. The highest BCUT2D eigenvalue weighted by molar-refractivity contribution is 5.96. The van der Waals surface area contributed by atoms with Gasteiger partial charge >= 0.3 is 0 Å². The molecule has 1 aromatic heterocycles. The summed E-state index contributed by atoms with van der Waals surface area (Å²) in [5.74, 6) is 0.224. The van der Waals surface area contributed by atoms with Crippen LogP contribution in [0, 0.1) is 5.92 Å². The van der Waals surface area contributed by atoms with Gasteiger partial charge in [0.05, 0.1) is 17.8 Å². The van der Waals surface area contributed by atoms with E-state index in [4.69, 9.17) is 0 Å². The standard InChI is InChI=1S/C20H31N5O2/c1-4-16(5-2)25-14-15(12-19(25)26)20(27)22-18-7-6-17(13-21-18)24-10-8-23(3)9-11-24/h6-7,13,15-16H,4-5,8-12,14H2,1-3H3,(H,21,22,27)/t15-/m0/s1. The number of aromatic nitrogens is 1. The van der Waals surface area contributed by atoms with E-state index in [-0.39, 0.29) is 23.8 Å². The number of nitrogens with zero attached hydrogens (tertiary/aromatic N) is 4. The van der Waals surface area contributed by atoms with E-state index in [0.717, 1.165) is 44.7 Å². The largest absolute Gasteiger partial charge is 0.368 e. The maximum atomic E-state index is 12.6. The second kappa shape index (κ2) is 8.69. The smallest absolute Gasteiger partial charge is 0.230 e. The van der Waals surface area contributed by atoms with Crippen molar-refractivity contribution >= 4 is 23.3 Å². The van der Waals surface area contributed by atoms with Gasteiger partial charge in [-0.25, -0.2) is 4.98 Å². The second-order valence-corrected chi connectivity index (χ2v) is 7.60.